The fourth-order valence-corrected chi connectivity index (χ4v) is 3.71. The maximum Gasteiger partial charge on any atom is 0.291 e. The number of nitrogens with one attached hydrogen (secondary N) is 3. The molecule has 0 spiro atoms. The molecule has 36 heavy (non-hydrogen) atoms. The van der Waals surface area contributed by atoms with E-state index in [2.05, 4.69) is 16.0 Å². The van der Waals surface area contributed by atoms with E-state index < -0.39 is 0 Å². The third kappa shape index (κ3) is 6.09. The molecule has 0 fully saturated rings. The molecule has 0 unspecified atom stereocenters. The normalized spacial score (nSPS) is 11.5. The van der Waals surface area contributed by atoms with Crippen LogP contribution in [0.3, 0.4) is 0 Å². The summed E-state index contributed by atoms with van der Waals surface area (Å²) in [6.45, 7) is 5.91. The van der Waals surface area contributed by atoms with E-state index in [-0.39, 0.29) is 28.8 Å². The zero-order valence-corrected chi connectivity index (χ0v) is 21.1. The van der Waals surface area contributed by atoms with Gasteiger partial charge in [-0.15, -0.1) is 0 Å². The lowest BCUT2D eigenvalue weighted by Gasteiger charge is -2.14. The van der Waals surface area contributed by atoms with Gasteiger partial charge in [-0.3, -0.25) is 14.9 Å². The summed E-state index contributed by atoms with van der Waals surface area (Å²) in [5.41, 5.74) is 3.26. The van der Waals surface area contributed by atoms with Crippen LogP contribution < -0.4 is 20.7 Å². The highest BCUT2D eigenvalue weighted by Crippen LogP contribution is 2.23. The van der Waals surface area contributed by atoms with Crippen LogP contribution in [-0.2, 0) is 0 Å². The summed E-state index contributed by atoms with van der Waals surface area (Å²) in [7, 11) is 0. The van der Waals surface area contributed by atoms with Gasteiger partial charge in [0.1, 0.15) is 11.3 Å². The highest BCUT2D eigenvalue weighted by Gasteiger charge is 2.14. The Morgan fingerprint density at radius 2 is 1.72 bits per heavy atom. The number of fused-ring (bicyclic) bond motifs is 1. The largest absolute Gasteiger partial charge is 0.491 e. The molecule has 0 saturated carbocycles. The minimum Gasteiger partial charge on any atom is -0.491 e. The fourth-order valence-electron chi connectivity index (χ4n) is 3.50. The first-order chi connectivity index (χ1) is 17.3. The van der Waals surface area contributed by atoms with Crippen molar-refractivity contribution in [3.05, 3.63) is 89.7 Å². The van der Waals surface area contributed by atoms with Gasteiger partial charge in [0.25, 0.3) is 11.8 Å². The number of rotatable bonds is 7. The van der Waals surface area contributed by atoms with Crippen LogP contribution in [0.25, 0.3) is 11.0 Å². The Hall–Kier alpha value is -4.17. The van der Waals surface area contributed by atoms with Crippen molar-refractivity contribution in [1.29, 1.82) is 0 Å². The molecular weight excluding hydrogens is 474 g/mol. The molecule has 7 nitrogen and oxygen atoms in total. The van der Waals surface area contributed by atoms with E-state index in [1.54, 1.807) is 42.5 Å². The second kappa shape index (κ2) is 11.0. The predicted octanol–water partition coefficient (Wildman–Crippen LogP) is 6.30. The molecule has 3 N–H and O–H groups in total. The lowest BCUT2D eigenvalue weighted by molar-refractivity contribution is 0.0975. The van der Waals surface area contributed by atoms with Crippen molar-refractivity contribution in [2.24, 2.45) is 0 Å². The number of ether oxygens (including phenoxy) is 1. The summed E-state index contributed by atoms with van der Waals surface area (Å²) in [4.78, 5) is 25.2. The van der Waals surface area contributed by atoms with Crippen LogP contribution in [0, 0.1) is 6.92 Å². The average molecular weight is 502 g/mol. The predicted molar refractivity (Wildman–Crippen MR) is 146 cm³/mol. The minimum atomic E-state index is -0.335. The lowest BCUT2D eigenvalue weighted by atomic mass is 10.1. The van der Waals surface area contributed by atoms with Gasteiger partial charge in [-0.1, -0.05) is 25.1 Å². The Balaban J connectivity index is 1.33. The quantitative estimate of drug-likeness (QED) is 0.258. The van der Waals surface area contributed by atoms with Crippen molar-refractivity contribution in [2.75, 3.05) is 10.6 Å². The molecule has 1 aromatic heterocycles. The molecule has 0 bridgehead atoms. The number of aryl methyl sites for hydroxylation is 1. The van der Waals surface area contributed by atoms with Gasteiger partial charge in [0, 0.05) is 22.3 Å². The van der Waals surface area contributed by atoms with Gasteiger partial charge in [-0.05, 0) is 92.6 Å². The number of hydrogen-bond donors (Lipinski definition) is 3. The number of benzene rings is 3. The molecule has 4 rings (SSSR count). The van der Waals surface area contributed by atoms with E-state index in [1.165, 1.54) is 0 Å². The Labute approximate surface area is 214 Å². The number of carbonyl (C=O) groups excluding carboxylic acids is 2. The first-order valence-corrected chi connectivity index (χ1v) is 12.0. The Kier molecular flexibility index (Phi) is 7.65. The molecule has 1 atom stereocenters. The molecule has 1 heterocycles. The molecule has 184 valence electrons. The maximum absolute atomic E-state index is 12.6. The topological polar surface area (TPSA) is 92.6 Å². The zero-order valence-electron chi connectivity index (χ0n) is 20.3. The van der Waals surface area contributed by atoms with Crippen LogP contribution in [0.5, 0.6) is 5.75 Å². The number of thiocarbonyl (C=S) groups is 1. The maximum atomic E-state index is 12.6. The van der Waals surface area contributed by atoms with E-state index in [0.717, 1.165) is 17.4 Å². The van der Waals surface area contributed by atoms with Gasteiger partial charge >= 0.3 is 0 Å². The van der Waals surface area contributed by atoms with Gasteiger partial charge < -0.3 is 19.8 Å². The minimum absolute atomic E-state index is 0.106. The summed E-state index contributed by atoms with van der Waals surface area (Å²) in [5.74, 6) is 0.290. The Bertz CT molecular complexity index is 1380. The van der Waals surface area contributed by atoms with Gasteiger partial charge in [0.2, 0.25) is 0 Å². The van der Waals surface area contributed by atoms with Crippen LogP contribution in [0.15, 0.2) is 77.2 Å². The van der Waals surface area contributed by atoms with Crippen molar-refractivity contribution in [3.63, 3.8) is 0 Å². The van der Waals surface area contributed by atoms with Crippen molar-refractivity contribution >= 4 is 51.5 Å². The summed E-state index contributed by atoms with van der Waals surface area (Å²) < 4.78 is 11.4. The first-order valence-electron chi connectivity index (χ1n) is 11.6. The van der Waals surface area contributed by atoms with E-state index in [0.29, 0.717) is 28.3 Å². The molecular formula is C28H27N3O4S. The van der Waals surface area contributed by atoms with Crippen molar-refractivity contribution in [2.45, 2.75) is 33.3 Å². The standard InChI is InChI=1S/C28H27N3O4S/c1-4-18(3)34-22-12-9-19(10-13-22)26(32)31-28(36)29-21-11-14-23(17(2)15-21)30-27(33)25-16-20-7-5-6-8-24(20)35-25/h5-16,18H,4H2,1-3H3,(H,30,33)(H2,29,31,32,36)/t18-/m0/s1. The third-order valence-corrected chi connectivity index (χ3v) is 5.84. The average Bonchev–Trinajstić information content (AvgIpc) is 3.30. The number of amides is 2. The van der Waals surface area contributed by atoms with Crippen LogP contribution in [0.2, 0.25) is 0 Å². The third-order valence-electron chi connectivity index (χ3n) is 5.64. The van der Waals surface area contributed by atoms with E-state index >= 15 is 0 Å². The smallest absolute Gasteiger partial charge is 0.291 e. The number of furan rings is 1. The summed E-state index contributed by atoms with van der Waals surface area (Å²) >= 11 is 5.30. The van der Waals surface area contributed by atoms with Crippen LogP contribution >= 0.6 is 12.2 Å². The number of para-hydroxylation sites is 1. The van der Waals surface area contributed by atoms with E-state index in [9.17, 15) is 9.59 Å². The number of hydrogen-bond acceptors (Lipinski definition) is 5. The van der Waals surface area contributed by atoms with Gasteiger partial charge in [0.05, 0.1) is 6.10 Å². The molecule has 0 radical (unpaired) electrons. The van der Waals surface area contributed by atoms with E-state index in [1.807, 2.05) is 51.1 Å². The second-order valence-electron chi connectivity index (χ2n) is 8.40. The highest BCUT2D eigenvalue weighted by molar-refractivity contribution is 7.80. The van der Waals surface area contributed by atoms with Crippen LogP contribution in [-0.4, -0.2) is 23.0 Å². The first kappa shape index (κ1) is 24.9. The van der Waals surface area contributed by atoms with Crippen LogP contribution in [0.4, 0.5) is 11.4 Å². The molecule has 0 aliphatic heterocycles. The highest BCUT2D eigenvalue weighted by atomic mass is 32.1. The molecule has 8 heteroatoms. The molecule has 2 amide bonds. The fraction of sp³-hybridized carbons (Fsp3) is 0.179. The molecule has 3 aromatic carbocycles. The number of anilines is 2. The molecule has 0 saturated heterocycles. The van der Waals surface area contributed by atoms with Gasteiger partial charge in [-0.2, -0.15) is 0 Å². The van der Waals surface area contributed by atoms with Gasteiger partial charge in [-0.25, -0.2) is 0 Å². The SMILES string of the molecule is CC[C@H](C)Oc1ccc(C(=O)NC(=S)Nc2ccc(NC(=O)c3cc4ccccc4o3)c(C)c2)cc1. The lowest BCUT2D eigenvalue weighted by Crippen LogP contribution is -2.34. The molecule has 4 aromatic rings. The molecule has 0 aliphatic carbocycles. The summed E-state index contributed by atoms with van der Waals surface area (Å²) in [6.07, 6.45) is 1.01. The van der Waals surface area contributed by atoms with Crippen molar-refractivity contribution in [1.82, 2.24) is 5.32 Å². The monoisotopic (exact) mass is 501 g/mol. The zero-order chi connectivity index (χ0) is 25.7. The Morgan fingerprint density at radius 3 is 2.42 bits per heavy atom. The van der Waals surface area contributed by atoms with Crippen LogP contribution in [0.1, 0.15) is 46.7 Å². The number of carbonyl (C=O) groups is 2. The second-order valence-corrected chi connectivity index (χ2v) is 8.81. The summed E-state index contributed by atoms with van der Waals surface area (Å²) in [6, 6.07) is 21.4. The van der Waals surface area contributed by atoms with E-state index in [4.69, 9.17) is 21.4 Å². The van der Waals surface area contributed by atoms with Gasteiger partial charge in [0.15, 0.2) is 10.9 Å². The molecule has 0 aliphatic rings. The van der Waals surface area contributed by atoms with Crippen molar-refractivity contribution in [3.8, 4) is 5.75 Å². The Morgan fingerprint density at radius 1 is 0.972 bits per heavy atom. The van der Waals surface area contributed by atoms with Crippen molar-refractivity contribution < 1.29 is 18.7 Å². The summed E-state index contributed by atoms with van der Waals surface area (Å²) in [5, 5.41) is 9.58.